The van der Waals surface area contributed by atoms with Crippen molar-refractivity contribution in [1.82, 2.24) is 4.90 Å². The lowest BCUT2D eigenvalue weighted by Gasteiger charge is -2.35. The zero-order chi connectivity index (χ0) is 21.5. The number of amides is 2. The van der Waals surface area contributed by atoms with Crippen molar-refractivity contribution in [2.75, 3.05) is 13.7 Å². The fraction of sp³-hybridized carbons (Fsp3) is 0.391. The molecule has 1 aliphatic rings. The van der Waals surface area contributed by atoms with Crippen LogP contribution in [0.1, 0.15) is 48.0 Å². The molecule has 2 aromatic rings. The van der Waals surface area contributed by atoms with Gasteiger partial charge in [0.05, 0.1) is 12.7 Å². The van der Waals surface area contributed by atoms with E-state index in [9.17, 15) is 9.59 Å². The molecular formula is C23H27BrN2O4. The van der Waals surface area contributed by atoms with Crippen molar-refractivity contribution in [1.29, 1.82) is 0 Å². The molecule has 1 aliphatic carbocycles. The zero-order valence-corrected chi connectivity index (χ0v) is 18.7. The highest BCUT2D eigenvalue weighted by Crippen LogP contribution is 2.31. The summed E-state index contributed by atoms with van der Waals surface area (Å²) in [5.41, 5.74) is 6.76. The summed E-state index contributed by atoms with van der Waals surface area (Å²) in [6, 6.07) is 13.2. The smallest absolute Gasteiger partial charge is 0.255 e. The van der Waals surface area contributed by atoms with Crippen LogP contribution < -0.4 is 15.2 Å². The number of carbonyl (C=O) groups is 2. The van der Waals surface area contributed by atoms with Crippen LogP contribution in [-0.2, 0) is 11.3 Å². The molecule has 1 fully saturated rings. The third-order valence-electron chi connectivity index (χ3n) is 5.33. The van der Waals surface area contributed by atoms with Crippen molar-refractivity contribution in [3.8, 4) is 11.5 Å². The normalized spacial score (nSPS) is 14.2. The van der Waals surface area contributed by atoms with Crippen molar-refractivity contribution in [2.24, 2.45) is 5.73 Å². The second-order valence-corrected chi connectivity index (χ2v) is 8.30. The number of ether oxygens (including phenoxy) is 2. The fourth-order valence-corrected chi connectivity index (χ4v) is 4.28. The van der Waals surface area contributed by atoms with Crippen LogP contribution in [0.2, 0.25) is 0 Å². The van der Waals surface area contributed by atoms with Gasteiger partial charge >= 0.3 is 0 Å². The van der Waals surface area contributed by atoms with Crippen molar-refractivity contribution in [3.05, 3.63) is 58.1 Å². The average molecular weight is 475 g/mol. The highest BCUT2D eigenvalue weighted by atomic mass is 79.9. The number of carbonyl (C=O) groups excluding carboxylic acids is 2. The Labute approximate surface area is 185 Å². The highest BCUT2D eigenvalue weighted by Gasteiger charge is 2.27. The first kappa shape index (κ1) is 22.2. The third-order valence-corrected chi connectivity index (χ3v) is 6.02. The molecule has 0 aliphatic heterocycles. The topological polar surface area (TPSA) is 81.9 Å². The lowest BCUT2D eigenvalue weighted by atomic mass is 9.93. The first-order valence-electron chi connectivity index (χ1n) is 10.1. The van der Waals surface area contributed by atoms with Crippen LogP contribution in [0.5, 0.6) is 11.5 Å². The van der Waals surface area contributed by atoms with E-state index in [4.69, 9.17) is 15.2 Å². The standard InChI is InChI=1S/C23H27BrN2O4/c1-29-21-13-16(11-12-20(21)30-15-22(25)27)14-26(17-7-3-2-4-8-17)23(28)18-9-5-6-10-19(18)24/h5-6,9-13,17H,2-4,7-8,14-15H2,1H3,(H2,25,27). The number of methoxy groups -OCH3 is 1. The van der Waals surface area contributed by atoms with E-state index in [-0.39, 0.29) is 18.6 Å². The number of nitrogens with two attached hydrogens (primary N) is 1. The van der Waals surface area contributed by atoms with E-state index in [1.54, 1.807) is 13.2 Å². The Morgan fingerprint density at radius 3 is 2.50 bits per heavy atom. The molecule has 0 radical (unpaired) electrons. The minimum Gasteiger partial charge on any atom is -0.493 e. The lowest BCUT2D eigenvalue weighted by Crippen LogP contribution is -2.41. The Kier molecular flexibility index (Phi) is 7.74. The lowest BCUT2D eigenvalue weighted by molar-refractivity contribution is -0.119. The minimum absolute atomic E-state index is 0.0161. The first-order chi connectivity index (χ1) is 14.5. The average Bonchev–Trinajstić information content (AvgIpc) is 2.76. The van der Waals surface area contributed by atoms with Crippen LogP contribution in [0, 0.1) is 0 Å². The number of rotatable bonds is 8. The number of halogens is 1. The predicted octanol–water partition coefficient (Wildman–Crippen LogP) is 4.30. The molecular weight excluding hydrogens is 448 g/mol. The van der Waals surface area contributed by atoms with Crippen LogP contribution in [0.15, 0.2) is 46.9 Å². The van der Waals surface area contributed by atoms with Gasteiger partial charge in [-0.1, -0.05) is 37.5 Å². The quantitative estimate of drug-likeness (QED) is 0.618. The monoisotopic (exact) mass is 474 g/mol. The Morgan fingerprint density at radius 2 is 1.83 bits per heavy atom. The summed E-state index contributed by atoms with van der Waals surface area (Å²) >= 11 is 3.51. The summed E-state index contributed by atoms with van der Waals surface area (Å²) in [5, 5.41) is 0. The maximum absolute atomic E-state index is 13.5. The molecule has 7 heteroatoms. The van der Waals surface area contributed by atoms with Gasteiger partial charge in [0, 0.05) is 17.1 Å². The molecule has 2 aromatic carbocycles. The SMILES string of the molecule is COc1cc(CN(C(=O)c2ccccc2Br)C2CCCCC2)ccc1OCC(N)=O. The largest absolute Gasteiger partial charge is 0.493 e. The van der Waals surface area contributed by atoms with E-state index >= 15 is 0 Å². The zero-order valence-electron chi connectivity index (χ0n) is 17.1. The van der Waals surface area contributed by atoms with Gasteiger partial charge in [-0.25, -0.2) is 0 Å². The van der Waals surface area contributed by atoms with Gasteiger partial charge in [-0.15, -0.1) is 0 Å². The van der Waals surface area contributed by atoms with Gasteiger partial charge in [-0.3, -0.25) is 9.59 Å². The Morgan fingerprint density at radius 1 is 1.10 bits per heavy atom. The molecule has 0 spiro atoms. The van der Waals surface area contributed by atoms with Crippen LogP contribution in [0.4, 0.5) is 0 Å². The summed E-state index contributed by atoms with van der Waals surface area (Å²) < 4.78 is 11.6. The molecule has 2 N–H and O–H groups in total. The summed E-state index contributed by atoms with van der Waals surface area (Å²) in [5.74, 6) is 0.415. The van der Waals surface area contributed by atoms with E-state index in [2.05, 4.69) is 15.9 Å². The first-order valence-corrected chi connectivity index (χ1v) is 10.9. The molecule has 0 unspecified atom stereocenters. The maximum Gasteiger partial charge on any atom is 0.255 e. The van der Waals surface area contributed by atoms with Crippen LogP contribution >= 0.6 is 15.9 Å². The number of hydrogen-bond donors (Lipinski definition) is 1. The van der Waals surface area contributed by atoms with Gasteiger partial charge in [-0.2, -0.15) is 0 Å². The van der Waals surface area contributed by atoms with Crippen molar-refractivity contribution in [2.45, 2.75) is 44.7 Å². The van der Waals surface area contributed by atoms with Crippen molar-refractivity contribution in [3.63, 3.8) is 0 Å². The molecule has 1 saturated carbocycles. The van der Waals surface area contributed by atoms with E-state index in [1.807, 2.05) is 41.3 Å². The van der Waals surface area contributed by atoms with E-state index in [0.29, 0.717) is 23.6 Å². The fourth-order valence-electron chi connectivity index (χ4n) is 3.82. The molecule has 0 aromatic heterocycles. The van der Waals surface area contributed by atoms with Gasteiger partial charge in [0.2, 0.25) is 0 Å². The second kappa shape index (κ2) is 10.5. The molecule has 160 valence electrons. The summed E-state index contributed by atoms with van der Waals surface area (Å²) in [7, 11) is 1.54. The Hall–Kier alpha value is -2.54. The second-order valence-electron chi connectivity index (χ2n) is 7.44. The van der Waals surface area contributed by atoms with Crippen LogP contribution in [-0.4, -0.2) is 36.5 Å². The van der Waals surface area contributed by atoms with Gasteiger partial charge in [0.1, 0.15) is 0 Å². The minimum atomic E-state index is -0.552. The summed E-state index contributed by atoms with van der Waals surface area (Å²) in [6.07, 6.45) is 5.49. The van der Waals surface area contributed by atoms with Gasteiger partial charge in [0.15, 0.2) is 18.1 Å². The molecule has 0 saturated heterocycles. The molecule has 6 nitrogen and oxygen atoms in total. The van der Waals surface area contributed by atoms with Gasteiger partial charge < -0.3 is 20.1 Å². The van der Waals surface area contributed by atoms with Gasteiger partial charge in [-0.05, 0) is 58.6 Å². The van der Waals surface area contributed by atoms with Crippen molar-refractivity contribution >= 4 is 27.7 Å². The molecule has 0 heterocycles. The molecule has 0 atom stereocenters. The van der Waals surface area contributed by atoms with E-state index < -0.39 is 5.91 Å². The van der Waals surface area contributed by atoms with E-state index in [1.165, 1.54) is 6.42 Å². The van der Waals surface area contributed by atoms with Gasteiger partial charge in [0.25, 0.3) is 11.8 Å². The van der Waals surface area contributed by atoms with Crippen LogP contribution in [0.3, 0.4) is 0 Å². The Balaban J connectivity index is 1.86. The number of primary amides is 1. The molecule has 2 amide bonds. The summed E-state index contributed by atoms with van der Waals surface area (Å²) in [6.45, 7) is 0.252. The highest BCUT2D eigenvalue weighted by molar-refractivity contribution is 9.10. The molecule has 3 rings (SSSR count). The summed E-state index contributed by atoms with van der Waals surface area (Å²) in [4.78, 5) is 26.4. The number of nitrogens with zero attached hydrogens (tertiary/aromatic N) is 1. The maximum atomic E-state index is 13.5. The van der Waals surface area contributed by atoms with Crippen LogP contribution in [0.25, 0.3) is 0 Å². The molecule has 0 bridgehead atoms. The number of benzene rings is 2. The van der Waals surface area contributed by atoms with Crippen molar-refractivity contribution < 1.29 is 19.1 Å². The Bertz CT molecular complexity index is 897. The number of hydrogen-bond acceptors (Lipinski definition) is 4. The molecule has 30 heavy (non-hydrogen) atoms. The predicted molar refractivity (Wildman–Crippen MR) is 119 cm³/mol. The third kappa shape index (κ3) is 5.53. The van der Waals surface area contributed by atoms with E-state index in [0.717, 1.165) is 35.7 Å².